The van der Waals surface area contributed by atoms with Crippen LogP contribution < -0.4 is 9.75 Å². The minimum atomic E-state index is -3.68. The smallest absolute Gasteiger partial charge is 0.280 e. The molecule has 0 N–H and O–H groups in total. The number of carbonyl (C=O) groups excluding carboxylic acids is 1. The summed E-state index contributed by atoms with van der Waals surface area (Å²) < 4.78 is 47.9. The lowest BCUT2D eigenvalue weighted by Gasteiger charge is -2.32. The third kappa shape index (κ3) is 5.91. The summed E-state index contributed by atoms with van der Waals surface area (Å²) in [5.74, 6) is -0.190. The first-order valence-corrected chi connectivity index (χ1v) is 15.3. The summed E-state index contributed by atoms with van der Waals surface area (Å²) in [6.07, 6.45) is 4.18. The number of hydrazone groups is 1. The van der Waals surface area contributed by atoms with Crippen LogP contribution in [0.4, 0.5) is 9.52 Å². The number of ether oxygens (including phenoxy) is 1. The molecule has 0 bridgehead atoms. The predicted octanol–water partition coefficient (Wildman–Crippen LogP) is 6.08. The molecule has 8 nitrogen and oxygen atoms in total. The lowest BCUT2D eigenvalue weighted by atomic mass is 10.1. The van der Waals surface area contributed by atoms with Gasteiger partial charge in [0.15, 0.2) is 0 Å². The van der Waals surface area contributed by atoms with Crippen LogP contribution in [0.2, 0.25) is 0 Å². The zero-order valence-corrected chi connectivity index (χ0v) is 23.8. The largest absolute Gasteiger partial charge is 0.494 e. The lowest BCUT2D eigenvalue weighted by molar-refractivity contribution is 0.0987. The van der Waals surface area contributed by atoms with E-state index < -0.39 is 21.7 Å². The van der Waals surface area contributed by atoms with E-state index >= 15 is 0 Å². The van der Waals surface area contributed by atoms with Crippen LogP contribution >= 0.6 is 11.3 Å². The predicted molar refractivity (Wildman–Crippen MR) is 155 cm³/mol. The third-order valence-electron chi connectivity index (χ3n) is 6.68. The Bertz CT molecular complexity index is 1640. The van der Waals surface area contributed by atoms with Gasteiger partial charge in [0.05, 0.1) is 27.9 Å². The number of rotatable bonds is 8. The van der Waals surface area contributed by atoms with Gasteiger partial charge in [0.2, 0.25) is 15.2 Å². The summed E-state index contributed by atoms with van der Waals surface area (Å²) in [5, 5.41) is 5.84. The number of carbonyl (C=O) groups is 1. The standard InChI is InChI=1S/C29H29FN4O4S2/c1-3-38-24-12-7-21(8-13-24)19-31-34(29-32-26-16-11-23(30)18-27(26)39-29)28(35)22-9-14-25(15-10-22)40(36,37)33-17-5-4-6-20(33)2/h7-16,18-20H,3-6,17H2,1-2H3/b31-19+. The van der Waals surface area contributed by atoms with Crippen molar-refractivity contribution < 1.29 is 22.3 Å². The quantitative estimate of drug-likeness (QED) is 0.186. The molecule has 0 aliphatic carbocycles. The normalized spacial score (nSPS) is 16.4. The first-order valence-electron chi connectivity index (χ1n) is 13.1. The Morgan fingerprint density at radius 2 is 1.90 bits per heavy atom. The molecule has 5 rings (SSSR count). The van der Waals surface area contributed by atoms with Crippen LogP contribution in [0.5, 0.6) is 5.75 Å². The average Bonchev–Trinajstić information content (AvgIpc) is 3.37. The lowest BCUT2D eigenvalue weighted by Crippen LogP contribution is -2.41. The minimum Gasteiger partial charge on any atom is -0.494 e. The molecule has 1 fully saturated rings. The number of fused-ring (bicyclic) bond motifs is 1. The van der Waals surface area contributed by atoms with E-state index in [0.717, 1.165) is 46.9 Å². The van der Waals surface area contributed by atoms with Crippen molar-refractivity contribution in [3.8, 4) is 5.75 Å². The fraction of sp³-hybridized carbons (Fsp3) is 0.276. The van der Waals surface area contributed by atoms with Crippen molar-refractivity contribution in [2.24, 2.45) is 5.10 Å². The van der Waals surface area contributed by atoms with Crippen molar-refractivity contribution >= 4 is 48.8 Å². The number of nitrogens with zero attached hydrogens (tertiary/aromatic N) is 4. The van der Waals surface area contributed by atoms with E-state index in [1.165, 1.54) is 46.9 Å². The summed E-state index contributed by atoms with van der Waals surface area (Å²) in [6.45, 7) is 4.85. The number of thiazole rings is 1. The highest BCUT2D eigenvalue weighted by molar-refractivity contribution is 7.89. The number of amides is 1. The van der Waals surface area contributed by atoms with Gasteiger partial charge < -0.3 is 4.74 Å². The Morgan fingerprint density at radius 1 is 1.15 bits per heavy atom. The first-order chi connectivity index (χ1) is 19.3. The van der Waals surface area contributed by atoms with Gasteiger partial charge in [-0.2, -0.15) is 14.4 Å². The maximum atomic E-state index is 13.8. The SMILES string of the molecule is CCOc1ccc(/C=N/N(C(=O)c2ccc(S(=O)(=O)N3CCCCC3C)cc2)c2nc3ccc(F)cc3s2)cc1. The van der Waals surface area contributed by atoms with E-state index in [0.29, 0.717) is 23.4 Å². The molecule has 11 heteroatoms. The average molecular weight is 581 g/mol. The van der Waals surface area contributed by atoms with Gasteiger partial charge in [0.1, 0.15) is 11.6 Å². The molecule has 1 aromatic heterocycles. The summed E-state index contributed by atoms with van der Waals surface area (Å²) in [4.78, 5) is 18.3. The molecule has 3 aromatic carbocycles. The molecule has 4 aromatic rings. The van der Waals surface area contributed by atoms with Crippen LogP contribution in [0.15, 0.2) is 76.7 Å². The van der Waals surface area contributed by atoms with Crippen LogP contribution in [0.3, 0.4) is 0 Å². The fourth-order valence-corrected chi connectivity index (χ4v) is 7.21. The molecule has 40 heavy (non-hydrogen) atoms. The van der Waals surface area contributed by atoms with Crippen LogP contribution in [-0.4, -0.2) is 49.0 Å². The highest BCUT2D eigenvalue weighted by Gasteiger charge is 2.31. The van der Waals surface area contributed by atoms with Crippen molar-refractivity contribution in [3.05, 3.63) is 83.7 Å². The van der Waals surface area contributed by atoms with Gasteiger partial charge in [-0.3, -0.25) is 4.79 Å². The zero-order chi connectivity index (χ0) is 28.3. The van der Waals surface area contributed by atoms with E-state index in [1.807, 2.05) is 26.0 Å². The van der Waals surface area contributed by atoms with Crippen LogP contribution in [-0.2, 0) is 10.0 Å². The monoisotopic (exact) mass is 580 g/mol. The molecule has 0 spiro atoms. The molecular weight excluding hydrogens is 551 g/mol. The van der Waals surface area contributed by atoms with Gasteiger partial charge in [-0.15, -0.1) is 0 Å². The molecule has 1 atom stereocenters. The second-order valence-electron chi connectivity index (χ2n) is 9.46. The highest BCUT2D eigenvalue weighted by atomic mass is 32.2. The number of piperidine rings is 1. The number of benzene rings is 3. The highest BCUT2D eigenvalue weighted by Crippen LogP contribution is 2.31. The molecule has 1 amide bonds. The Balaban J connectivity index is 1.46. The Morgan fingerprint density at radius 3 is 2.60 bits per heavy atom. The molecule has 2 heterocycles. The van der Waals surface area contributed by atoms with E-state index in [-0.39, 0.29) is 21.6 Å². The second-order valence-corrected chi connectivity index (χ2v) is 12.4. The first kappa shape index (κ1) is 27.9. The summed E-state index contributed by atoms with van der Waals surface area (Å²) in [6, 6.07) is 17.2. The Hall–Kier alpha value is -3.67. The zero-order valence-electron chi connectivity index (χ0n) is 22.2. The number of halogens is 1. The van der Waals surface area contributed by atoms with Crippen LogP contribution in [0.25, 0.3) is 10.2 Å². The second kappa shape index (κ2) is 11.8. The van der Waals surface area contributed by atoms with Crippen molar-refractivity contribution in [3.63, 3.8) is 0 Å². The van der Waals surface area contributed by atoms with E-state index in [1.54, 1.807) is 18.2 Å². The van der Waals surface area contributed by atoms with Crippen molar-refractivity contribution in [2.75, 3.05) is 18.2 Å². The number of sulfonamides is 1. The van der Waals surface area contributed by atoms with Gasteiger partial charge in [0.25, 0.3) is 5.91 Å². The minimum absolute atomic E-state index is 0.0728. The molecule has 0 radical (unpaired) electrons. The molecular formula is C29H29FN4O4S2. The maximum Gasteiger partial charge on any atom is 0.280 e. The van der Waals surface area contributed by atoms with Gasteiger partial charge in [-0.05, 0) is 99.0 Å². The number of hydrogen-bond donors (Lipinski definition) is 0. The molecule has 208 valence electrons. The van der Waals surface area contributed by atoms with Crippen molar-refractivity contribution in [2.45, 2.75) is 44.0 Å². The van der Waals surface area contributed by atoms with Crippen LogP contribution in [0, 0.1) is 5.82 Å². The number of aromatic nitrogens is 1. The summed E-state index contributed by atoms with van der Waals surface area (Å²) >= 11 is 1.13. The number of hydrogen-bond acceptors (Lipinski definition) is 7. The third-order valence-corrected chi connectivity index (χ3v) is 9.70. The molecule has 1 aliphatic heterocycles. The van der Waals surface area contributed by atoms with Gasteiger partial charge >= 0.3 is 0 Å². The van der Waals surface area contributed by atoms with Crippen molar-refractivity contribution in [1.29, 1.82) is 0 Å². The number of anilines is 1. The fourth-order valence-electron chi connectivity index (χ4n) is 4.56. The maximum absolute atomic E-state index is 13.8. The summed E-state index contributed by atoms with van der Waals surface area (Å²) in [7, 11) is -3.68. The molecule has 0 saturated carbocycles. The van der Waals surface area contributed by atoms with Crippen LogP contribution in [0.1, 0.15) is 49.0 Å². The van der Waals surface area contributed by atoms with E-state index in [9.17, 15) is 17.6 Å². The topological polar surface area (TPSA) is 92.2 Å². The molecule has 1 saturated heterocycles. The summed E-state index contributed by atoms with van der Waals surface area (Å²) in [5.41, 5.74) is 1.50. The van der Waals surface area contributed by atoms with Gasteiger partial charge in [-0.1, -0.05) is 17.8 Å². The Labute approximate surface area is 236 Å². The molecule has 1 unspecified atom stereocenters. The molecule has 1 aliphatic rings. The van der Waals surface area contributed by atoms with E-state index in [2.05, 4.69) is 10.1 Å². The van der Waals surface area contributed by atoms with Gasteiger partial charge in [0, 0.05) is 18.2 Å². The van der Waals surface area contributed by atoms with Gasteiger partial charge in [-0.25, -0.2) is 17.8 Å². The Kier molecular flexibility index (Phi) is 8.24. The van der Waals surface area contributed by atoms with Crippen molar-refractivity contribution in [1.82, 2.24) is 9.29 Å². The van der Waals surface area contributed by atoms with E-state index in [4.69, 9.17) is 4.74 Å².